The van der Waals surface area contributed by atoms with Crippen molar-refractivity contribution in [2.45, 2.75) is 19.3 Å². The van der Waals surface area contributed by atoms with Crippen molar-refractivity contribution < 1.29 is 4.39 Å². The van der Waals surface area contributed by atoms with E-state index in [1.165, 1.54) is 11.6 Å². The molecule has 0 aliphatic rings. The first-order valence-corrected chi connectivity index (χ1v) is 7.49. The molecule has 0 aliphatic heterocycles. The van der Waals surface area contributed by atoms with E-state index in [1.807, 2.05) is 25.1 Å². The molecule has 2 rings (SSSR count). The highest BCUT2D eigenvalue weighted by Gasteiger charge is 2.13. The summed E-state index contributed by atoms with van der Waals surface area (Å²) in [4.78, 5) is 0. The van der Waals surface area contributed by atoms with Crippen molar-refractivity contribution in [2.24, 2.45) is 0 Å². The lowest BCUT2D eigenvalue weighted by Gasteiger charge is -2.16. The van der Waals surface area contributed by atoms with E-state index in [1.54, 1.807) is 6.07 Å². The number of benzene rings is 2. The molecule has 0 radical (unpaired) electrons. The summed E-state index contributed by atoms with van der Waals surface area (Å²) in [5.74, 6) is 0.539. The maximum atomic E-state index is 13.3. The van der Waals surface area contributed by atoms with E-state index in [0.29, 0.717) is 5.88 Å². The van der Waals surface area contributed by atoms with Crippen molar-refractivity contribution in [2.75, 3.05) is 5.88 Å². The maximum absolute atomic E-state index is 13.3. The first-order valence-electron chi connectivity index (χ1n) is 6.16. The number of hydrogen-bond acceptors (Lipinski definition) is 0. The highest BCUT2D eigenvalue weighted by molar-refractivity contribution is 9.10. The summed E-state index contributed by atoms with van der Waals surface area (Å²) >= 11 is 9.50. The van der Waals surface area contributed by atoms with Crippen molar-refractivity contribution in [3.8, 4) is 0 Å². The third-order valence-electron chi connectivity index (χ3n) is 3.31. The highest BCUT2D eigenvalue weighted by Crippen LogP contribution is 2.25. The lowest BCUT2D eigenvalue weighted by Crippen LogP contribution is -2.06. The van der Waals surface area contributed by atoms with Crippen molar-refractivity contribution in [1.82, 2.24) is 0 Å². The Balaban J connectivity index is 2.23. The first-order chi connectivity index (χ1) is 9.10. The Morgan fingerprint density at radius 2 is 1.84 bits per heavy atom. The third-order valence-corrected chi connectivity index (χ3v) is 4.21. The van der Waals surface area contributed by atoms with Crippen LogP contribution in [0.15, 0.2) is 46.9 Å². The molecular weight excluding hydrogens is 327 g/mol. The lowest BCUT2D eigenvalue weighted by atomic mass is 9.91. The summed E-state index contributed by atoms with van der Waals surface area (Å²) in [5, 5.41) is 0. The smallest absolute Gasteiger partial charge is 0.123 e. The fourth-order valence-corrected chi connectivity index (χ4v) is 2.67. The van der Waals surface area contributed by atoms with Gasteiger partial charge in [-0.3, -0.25) is 0 Å². The first kappa shape index (κ1) is 14.5. The zero-order valence-electron chi connectivity index (χ0n) is 10.7. The zero-order chi connectivity index (χ0) is 13.8. The van der Waals surface area contributed by atoms with E-state index in [2.05, 4.69) is 28.1 Å². The summed E-state index contributed by atoms with van der Waals surface area (Å²) in [5.41, 5.74) is 3.31. The van der Waals surface area contributed by atoms with E-state index in [0.717, 1.165) is 22.0 Å². The largest absolute Gasteiger partial charge is 0.207 e. The molecular formula is C16H15BrClF. The van der Waals surface area contributed by atoms with Gasteiger partial charge in [0.1, 0.15) is 5.82 Å². The molecule has 0 nitrogen and oxygen atoms in total. The molecule has 19 heavy (non-hydrogen) atoms. The van der Waals surface area contributed by atoms with Crippen molar-refractivity contribution in [3.05, 3.63) is 69.4 Å². The van der Waals surface area contributed by atoms with Gasteiger partial charge in [0.2, 0.25) is 0 Å². The van der Waals surface area contributed by atoms with Crippen LogP contribution < -0.4 is 0 Å². The molecule has 0 amide bonds. The number of rotatable bonds is 4. The zero-order valence-corrected chi connectivity index (χ0v) is 13.0. The quantitative estimate of drug-likeness (QED) is 0.648. The van der Waals surface area contributed by atoms with Gasteiger partial charge < -0.3 is 0 Å². The maximum Gasteiger partial charge on any atom is 0.123 e. The molecule has 1 unspecified atom stereocenters. The van der Waals surface area contributed by atoms with Gasteiger partial charge in [-0.1, -0.05) is 34.1 Å². The van der Waals surface area contributed by atoms with E-state index in [9.17, 15) is 4.39 Å². The van der Waals surface area contributed by atoms with E-state index < -0.39 is 0 Å². The molecule has 0 saturated carbocycles. The van der Waals surface area contributed by atoms with Crippen LogP contribution in [0.4, 0.5) is 4.39 Å². The van der Waals surface area contributed by atoms with Gasteiger partial charge in [-0.05, 0) is 54.3 Å². The Bertz CT molecular complexity index is 551. The molecule has 1 atom stereocenters. The van der Waals surface area contributed by atoms with Gasteiger partial charge in [0.05, 0.1) is 0 Å². The molecule has 0 saturated heterocycles. The average Bonchev–Trinajstić information content (AvgIpc) is 2.41. The molecule has 0 bridgehead atoms. The number of halogens is 3. The summed E-state index contributed by atoms with van der Waals surface area (Å²) in [6, 6.07) is 13.1. The summed E-state index contributed by atoms with van der Waals surface area (Å²) in [6.07, 6.45) is 0.759. The summed E-state index contributed by atoms with van der Waals surface area (Å²) in [6.45, 7) is 2.00. The Morgan fingerprint density at radius 1 is 1.16 bits per heavy atom. The molecule has 100 valence electrons. The molecule has 3 heteroatoms. The molecule has 0 aromatic heterocycles. The van der Waals surface area contributed by atoms with Crippen LogP contribution >= 0.6 is 27.5 Å². The van der Waals surface area contributed by atoms with Crippen molar-refractivity contribution in [1.29, 1.82) is 0 Å². The lowest BCUT2D eigenvalue weighted by molar-refractivity contribution is 0.622. The second-order valence-corrected chi connectivity index (χ2v) is 5.90. The predicted octanol–water partition coefficient (Wildman–Crippen LogP) is 5.46. The molecule has 2 aromatic carbocycles. The predicted molar refractivity (Wildman–Crippen MR) is 82.4 cm³/mol. The van der Waals surface area contributed by atoms with Crippen LogP contribution in [0, 0.1) is 12.7 Å². The van der Waals surface area contributed by atoms with Gasteiger partial charge in [0, 0.05) is 16.3 Å². The molecule has 2 aromatic rings. The third kappa shape index (κ3) is 3.80. The van der Waals surface area contributed by atoms with Crippen LogP contribution in [0.5, 0.6) is 0 Å². The van der Waals surface area contributed by atoms with Crippen molar-refractivity contribution >= 4 is 27.5 Å². The monoisotopic (exact) mass is 340 g/mol. The van der Waals surface area contributed by atoms with Gasteiger partial charge >= 0.3 is 0 Å². The fraction of sp³-hybridized carbons (Fsp3) is 0.250. The van der Waals surface area contributed by atoms with Crippen LogP contribution in [0.1, 0.15) is 22.6 Å². The minimum Gasteiger partial charge on any atom is -0.207 e. The second kappa shape index (κ2) is 6.53. The highest BCUT2D eigenvalue weighted by atomic mass is 79.9. The fourth-order valence-electron chi connectivity index (χ4n) is 2.12. The summed E-state index contributed by atoms with van der Waals surface area (Å²) in [7, 11) is 0. The minimum atomic E-state index is -0.190. The van der Waals surface area contributed by atoms with E-state index >= 15 is 0 Å². The number of alkyl halides is 1. The SMILES string of the molecule is Cc1ccc(F)cc1CC(CCl)c1ccc(Br)cc1. The minimum absolute atomic E-state index is 0.190. The van der Waals surface area contributed by atoms with Gasteiger partial charge in [0.15, 0.2) is 0 Å². The van der Waals surface area contributed by atoms with Gasteiger partial charge in [0.25, 0.3) is 0 Å². The topological polar surface area (TPSA) is 0 Å². The normalized spacial score (nSPS) is 12.4. The molecule has 0 heterocycles. The van der Waals surface area contributed by atoms with Crippen LogP contribution in [-0.4, -0.2) is 5.88 Å². The van der Waals surface area contributed by atoms with Crippen LogP contribution in [-0.2, 0) is 6.42 Å². The Labute approximate surface area is 126 Å². The molecule has 0 spiro atoms. The molecule has 0 N–H and O–H groups in total. The molecule has 0 aliphatic carbocycles. The van der Waals surface area contributed by atoms with E-state index in [4.69, 9.17) is 11.6 Å². The Hall–Kier alpha value is -0.860. The summed E-state index contributed by atoms with van der Waals surface area (Å²) < 4.78 is 14.4. The Kier molecular flexibility index (Phi) is 5.00. The number of hydrogen-bond donors (Lipinski definition) is 0. The number of aryl methyl sites for hydroxylation is 1. The second-order valence-electron chi connectivity index (χ2n) is 4.68. The van der Waals surface area contributed by atoms with Crippen LogP contribution in [0.3, 0.4) is 0 Å². The van der Waals surface area contributed by atoms with Crippen LogP contribution in [0.25, 0.3) is 0 Å². The Morgan fingerprint density at radius 3 is 2.47 bits per heavy atom. The van der Waals surface area contributed by atoms with Crippen molar-refractivity contribution in [3.63, 3.8) is 0 Å². The average molecular weight is 342 g/mol. The molecule has 0 fully saturated rings. The van der Waals surface area contributed by atoms with Gasteiger partial charge in [-0.25, -0.2) is 4.39 Å². The van der Waals surface area contributed by atoms with E-state index in [-0.39, 0.29) is 11.7 Å². The van der Waals surface area contributed by atoms with Gasteiger partial charge in [-0.15, -0.1) is 11.6 Å². The van der Waals surface area contributed by atoms with Gasteiger partial charge in [-0.2, -0.15) is 0 Å². The standard InChI is InChI=1S/C16H15BrClF/c1-11-2-7-16(19)9-13(11)8-14(10-18)12-3-5-15(17)6-4-12/h2-7,9,14H,8,10H2,1H3. The van der Waals surface area contributed by atoms with Crippen LogP contribution in [0.2, 0.25) is 0 Å².